The number of benzene rings is 2. The molecule has 2 rings (SSSR count). The zero-order chi connectivity index (χ0) is 17.5. The average molecular weight is 410 g/mol. The molecule has 0 aliphatic carbocycles. The van der Waals surface area contributed by atoms with Crippen LogP contribution in [0.2, 0.25) is 5.02 Å². The molecule has 0 unspecified atom stereocenters. The molecule has 0 saturated carbocycles. The molecule has 0 fully saturated rings. The summed E-state index contributed by atoms with van der Waals surface area (Å²) in [5.74, 6) is -0.244. The molecule has 2 amide bonds. The molecule has 0 radical (unpaired) electrons. The topological polar surface area (TPSA) is 49.4 Å². The highest BCUT2D eigenvalue weighted by Gasteiger charge is 2.13. The molecular weight excluding hydrogens is 392 g/mol. The van der Waals surface area contributed by atoms with Crippen LogP contribution in [-0.4, -0.2) is 23.3 Å². The van der Waals surface area contributed by atoms with E-state index in [-0.39, 0.29) is 18.2 Å². The van der Waals surface area contributed by atoms with Gasteiger partial charge in [-0.3, -0.25) is 9.59 Å². The standard InChI is InChI=1S/C18H18BrClN2O2/c1-13(23)22(12-14-5-3-2-4-6-14)10-9-18(24)21-17-8-7-15(19)11-16(17)20/h2-8,11H,9-10,12H2,1H3,(H,21,24). The van der Waals surface area contributed by atoms with E-state index in [9.17, 15) is 9.59 Å². The van der Waals surface area contributed by atoms with Crippen molar-refractivity contribution in [1.82, 2.24) is 4.90 Å². The molecule has 0 bridgehead atoms. The highest BCUT2D eigenvalue weighted by Crippen LogP contribution is 2.25. The van der Waals surface area contributed by atoms with Crippen molar-refractivity contribution in [3.05, 3.63) is 63.6 Å². The van der Waals surface area contributed by atoms with Crippen LogP contribution in [0.1, 0.15) is 18.9 Å². The molecule has 0 saturated heterocycles. The maximum atomic E-state index is 12.1. The summed E-state index contributed by atoms with van der Waals surface area (Å²) < 4.78 is 0.844. The monoisotopic (exact) mass is 408 g/mol. The number of carbonyl (C=O) groups is 2. The van der Waals surface area contributed by atoms with Crippen molar-refractivity contribution in [2.45, 2.75) is 19.9 Å². The van der Waals surface area contributed by atoms with Crippen LogP contribution in [0.15, 0.2) is 53.0 Å². The van der Waals surface area contributed by atoms with Gasteiger partial charge in [0.15, 0.2) is 0 Å². The van der Waals surface area contributed by atoms with Crippen LogP contribution in [0, 0.1) is 0 Å². The summed E-state index contributed by atoms with van der Waals surface area (Å²) in [4.78, 5) is 25.5. The number of hydrogen-bond acceptors (Lipinski definition) is 2. The van der Waals surface area contributed by atoms with Gasteiger partial charge in [-0.1, -0.05) is 57.9 Å². The van der Waals surface area contributed by atoms with Gasteiger partial charge < -0.3 is 10.2 Å². The molecule has 24 heavy (non-hydrogen) atoms. The predicted molar refractivity (Wildman–Crippen MR) is 99.9 cm³/mol. The van der Waals surface area contributed by atoms with E-state index in [0.29, 0.717) is 23.8 Å². The molecular formula is C18H18BrClN2O2. The Labute approximate surface area is 154 Å². The Bertz CT molecular complexity index is 722. The highest BCUT2D eigenvalue weighted by molar-refractivity contribution is 9.10. The number of nitrogens with one attached hydrogen (secondary N) is 1. The van der Waals surface area contributed by atoms with Crippen molar-refractivity contribution in [1.29, 1.82) is 0 Å². The molecule has 0 aliphatic rings. The van der Waals surface area contributed by atoms with Crippen LogP contribution in [-0.2, 0) is 16.1 Å². The summed E-state index contributed by atoms with van der Waals surface area (Å²) in [5.41, 5.74) is 1.59. The van der Waals surface area contributed by atoms with E-state index < -0.39 is 0 Å². The van der Waals surface area contributed by atoms with Gasteiger partial charge in [-0.15, -0.1) is 0 Å². The third-order valence-electron chi connectivity index (χ3n) is 3.48. The quantitative estimate of drug-likeness (QED) is 0.765. The second-order valence-electron chi connectivity index (χ2n) is 5.35. The molecule has 2 aromatic carbocycles. The molecule has 1 N–H and O–H groups in total. The van der Waals surface area contributed by atoms with Crippen LogP contribution in [0.25, 0.3) is 0 Å². The first-order valence-corrected chi connectivity index (χ1v) is 8.67. The smallest absolute Gasteiger partial charge is 0.226 e. The normalized spacial score (nSPS) is 10.3. The van der Waals surface area contributed by atoms with Gasteiger partial charge >= 0.3 is 0 Å². The molecule has 0 atom stereocenters. The van der Waals surface area contributed by atoms with Gasteiger partial charge in [0.05, 0.1) is 10.7 Å². The summed E-state index contributed by atoms with van der Waals surface area (Å²) >= 11 is 9.40. The second-order valence-corrected chi connectivity index (χ2v) is 6.67. The Hall–Kier alpha value is -1.85. The Morgan fingerprint density at radius 2 is 1.88 bits per heavy atom. The van der Waals surface area contributed by atoms with Gasteiger partial charge in [-0.25, -0.2) is 0 Å². The molecule has 126 valence electrons. The van der Waals surface area contributed by atoms with Gasteiger partial charge in [-0.2, -0.15) is 0 Å². The lowest BCUT2D eigenvalue weighted by Gasteiger charge is -2.21. The second kappa shape index (κ2) is 8.85. The minimum atomic E-state index is -0.182. The van der Waals surface area contributed by atoms with Crippen molar-refractivity contribution in [2.75, 3.05) is 11.9 Å². The molecule has 6 heteroatoms. The predicted octanol–water partition coefficient (Wildman–Crippen LogP) is 4.48. The Morgan fingerprint density at radius 3 is 2.50 bits per heavy atom. The molecule has 0 aliphatic heterocycles. The van der Waals surface area contributed by atoms with Gasteiger partial charge in [0.2, 0.25) is 11.8 Å². The third-order valence-corrected chi connectivity index (χ3v) is 4.28. The van der Waals surface area contributed by atoms with E-state index in [1.165, 1.54) is 6.92 Å². The third kappa shape index (κ3) is 5.65. The first-order chi connectivity index (χ1) is 11.5. The van der Waals surface area contributed by atoms with E-state index in [4.69, 9.17) is 11.6 Å². The number of halogens is 2. The van der Waals surface area contributed by atoms with Crippen molar-refractivity contribution in [2.24, 2.45) is 0 Å². The van der Waals surface area contributed by atoms with Crippen molar-refractivity contribution in [3.8, 4) is 0 Å². The largest absolute Gasteiger partial charge is 0.338 e. The molecule has 0 heterocycles. The fraction of sp³-hybridized carbons (Fsp3) is 0.222. The maximum Gasteiger partial charge on any atom is 0.226 e. The Kier molecular flexibility index (Phi) is 6.82. The lowest BCUT2D eigenvalue weighted by molar-refractivity contribution is -0.129. The first kappa shape index (κ1) is 18.5. The number of rotatable bonds is 6. The van der Waals surface area contributed by atoms with Crippen LogP contribution in [0.5, 0.6) is 0 Å². The van der Waals surface area contributed by atoms with E-state index in [2.05, 4.69) is 21.2 Å². The van der Waals surface area contributed by atoms with Crippen LogP contribution >= 0.6 is 27.5 Å². The lowest BCUT2D eigenvalue weighted by Crippen LogP contribution is -2.31. The molecule has 0 aromatic heterocycles. The van der Waals surface area contributed by atoms with E-state index >= 15 is 0 Å². The number of hydrogen-bond donors (Lipinski definition) is 1. The fourth-order valence-electron chi connectivity index (χ4n) is 2.19. The number of carbonyl (C=O) groups excluding carboxylic acids is 2. The van der Waals surface area contributed by atoms with Gasteiger partial charge in [0, 0.05) is 30.9 Å². The average Bonchev–Trinajstić information content (AvgIpc) is 2.55. The van der Waals surface area contributed by atoms with Crippen LogP contribution in [0.3, 0.4) is 0 Å². The minimum absolute atomic E-state index is 0.0617. The van der Waals surface area contributed by atoms with Crippen molar-refractivity contribution >= 4 is 45.0 Å². The summed E-state index contributed by atoms with van der Waals surface area (Å²) in [6.45, 7) is 2.35. The SMILES string of the molecule is CC(=O)N(CCC(=O)Nc1ccc(Br)cc1Cl)Cc1ccccc1. The zero-order valence-electron chi connectivity index (χ0n) is 13.3. The summed E-state index contributed by atoms with van der Waals surface area (Å²) in [6, 6.07) is 14.9. The van der Waals surface area contributed by atoms with E-state index in [1.807, 2.05) is 30.3 Å². The zero-order valence-corrected chi connectivity index (χ0v) is 15.6. The van der Waals surface area contributed by atoms with Gasteiger partial charge in [0.1, 0.15) is 0 Å². The first-order valence-electron chi connectivity index (χ1n) is 7.50. The fourth-order valence-corrected chi connectivity index (χ4v) is 2.91. The van der Waals surface area contributed by atoms with Gasteiger partial charge in [-0.05, 0) is 23.8 Å². The summed E-state index contributed by atoms with van der Waals surface area (Å²) in [6.07, 6.45) is 0.207. The van der Waals surface area contributed by atoms with Crippen molar-refractivity contribution in [3.63, 3.8) is 0 Å². The number of nitrogens with zero attached hydrogens (tertiary/aromatic N) is 1. The Balaban J connectivity index is 1.91. The van der Waals surface area contributed by atoms with Gasteiger partial charge in [0.25, 0.3) is 0 Å². The highest BCUT2D eigenvalue weighted by atomic mass is 79.9. The number of amides is 2. The molecule has 2 aromatic rings. The minimum Gasteiger partial charge on any atom is -0.338 e. The molecule has 0 spiro atoms. The number of anilines is 1. The Morgan fingerprint density at radius 1 is 1.17 bits per heavy atom. The molecule has 4 nitrogen and oxygen atoms in total. The lowest BCUT2D eigenvalue weighted by atomic mass is 10.2. The maximum absolute atomic E-state index is 12.1. The van der Waals surface area contributed by atoms with E-state index in [0.717, 1.165) is 10.0 Å². The summed E-state index contributed by atoms with van der Waals surface area (Å²) in [5, 5.41) is 3.23. The van der Waals surface area contributed by atoms with E-state index in [1.54, 1.807) is 23.1 Å². The summed E-state index contributed by atoms with van der Waals surface area (Å²) in [7, 11) is 0. The van der Waals surface area contributed by atoms with Crippen LogP contribution < -0.4 is 5.32 Å². The van der Waals surface area contributed by atoms with Crippen LogP contribution in [0.4, 0.5) is 5.69 Å². The van der Waals surface area contributed by atoms with Crippen molar-refractivity contribution < 1.29 is 9.59 Å².